The summed E-state index contributed by atoms with van der Waals surface area (Å²) in [6.07, 6.45) is 1.36. The molecule has 0 aromatic heterocycles. The third kappa shape index (κ3) is 2.49. The molecular weight excluding hydrogens is 348 g/mol. The van der Waals surface area contributed by atoms with E-state index in [1.807, 2.05) is 0 Å². The van der Waals surface area contributed by atoms with Gasteiger partial charge in [0.25, 0.3) is 23.6 Å². The first-order valence-corrected chi connectivity index (χ1v) is 8.09. The summed E-state index contributed by atoms with van der Waals surface area (Å²) < 4.78 is 37.8. The van der Waals surface area contributed by atoms with Crippen LogP contribution in [0.3, 0.4) is 0 Å². The van der Waals surface area contributed by atoms with E-state index in [0.717, 1.165) is 12.2 Å². The number of nitrogens with zero attached hydrogens (tertiary/aromatic N) is 1. The molecule has 0 aromatic carbocycles. The largest absolute Gasteiger partial charge is 0.427 e. The van der Waals surface area contributed by atoms with E-state index in [0.29, 0.717) is 0 Å². The van der Waals surface area contributed by atoms with Crippen molar-refractivity contribution in [2.24, 2.45) is 0 Å². The maximum Gasteiger partial charge on any atom is 0.343 e. The Labute approximate surface area is 135 Å². The molecule has 1 fully saturated rings. The van der Waals surface area contributed by atoms with Crippen molar-refractivity contribution in [1.82, 2.24) is 10.2 Å². The van der Waals surface area contributed by atoms with Crippen molar-refractivity contribution < 1.29 is 41.7 Å². The molecule has 2 N–H and O–H groups in total. The molecule has 2 rings (SSSR count). The zero-order chi connectivity index (χ0) is 18.3. The van der Waals surface area contributed by atoms with Crippen LogP contribution in [0.2, 0.25) is 0 Å². The van der Waals surface area contributed by atoms with Crippen molar-refractivity contribution in [3.8, 4) is 0 Å². The van der Waals surface area contributed by atoms with Gasteiger partial charge >= 0.3 is 21.0 Å². The van der Waals surface area contributed by atoms with Gasteiger partial charge in [0, 0.05) is 18.6 Å². The van der Waals surface area contributed by atoms with Crippen molar-refractivity contribution in [3.63, 3.8) is 0 Å². The molecule has 2 atom stereocenters. The zero-order valence-corrected chi connectivity index (χ0v) is 13.0. The fourth-order valence-electron chi connectivity index (χ4n) is 2.35. The Morgan fingerprint density at radius 3 is 2.29 bits per heavy atom. The lowest BCUT2D eigenvalue weighted by Gasteiger charge is -2.31. The number of imide groups is 2. The van der Waals surface area contributed by atoms with E-state index in [1.165, 1.54) is 0 Å². The molecule has 4 amide bonds. The molecule has 0 bridgehead atoms. The summed E-state index contributed by atoms with van der Waals surface area (Å²) in [5.74, 6) is -6.47. The molecule has 1 saturated heterocycles. The minimum atomic E-state index is -5.54. The maximum atomic E-state index is 12.1. The predicted octanol–water partition coefficient (Wildman–Crippen LogP) is -2.14. The van der Waals surface area contributed by atoms with Gasteiger partial charge in [0.05, 0.1) is 0 Å². The number of amides is 4. The third-order valence-electron chi connectivity index (χ3n) is 3.37. The van der Waals surface area contributed by atoms with Crippen LogP contribution in [0.25, 0.3) is 0 Å². The average molecular weight is 360 g/mol. The molecule has 0 spiro atoms. The molecule has 0 aromatic rings. The number of hydrogen-bond donors (Lipinski definition) is 2. The minimum Gasteiger partial charge on any atom is -0.427 e. The zero-order valence-electron chi connectivity index (χ0n) is 12.2. The molecule has 11 nitrogen and oxygen atoms in total. The molecule has 2 heterocycles. The first kappa shape index (κ1) is 17.7. The molecule has 2 unspecified atom stereocenters. The Balaban J connectivity index is 2.62. The summed E-state index contributed by atoms with van der Waals surface area (Å²) in [6, 6.07) is -2.38. The maximum absolute atomic E-state index is 12.1. The van der Waals surface area contributed by atoms with Crippen LogP contribution >= 0.6 is 0 Å². The summed E-state index contributed by atoms with van der Waals surface area (Å²) in [7, 11) is -5.54. The van der Waals surface area contributed by atoms with E-state index in [9.17, 15) is 36.9 Å². The van der Waals surface area contributed by atoms with E-state index in [4.69, 9.17) is 0 Å². The van der Waals surface area contributed by atoms with E-state index in [-0.39, 0.29) is 17.7 Å². The smallest absolute Gasteiger partial charge is 0.343 e. The lowest BCUT2D eigenvalue weighted by Crippen LogP contribution is -2.62. The quantitative estimate of drug-likeness (QED) is 0.316. The van der Waals surface area contributed by atoms with Crippen LogP contribution in [0.1, 0.15) is 19.8 Å². The van der Waals surface area contributed by atoms with Crippen molar-refractivity contribution in [3.05, 3.63) is 12.2 Å². The highest BCUT2D eigenvalue weighted by Crippen LogP contribution is 2.34. The Kier molecular flexibility index (Phi) is 4.29. The number of ether oxygens (including phenoxy) is 1. The van der Waals surface area contributed by atoms with Gasteiger partial charge in [0.15, 0.2) is 6.04 Å². The van der Waals surface area contributed by atoms with Gasteiger partial charge in [0.2, 0.25) is 0 Å². The van der Waals surface area contributed by atoms with Gasteiger partial charge in [-0.25, -0.2) is 0 Å². The van der Waals surface area contributed by atoms with Gasteiger partial charge in [-0.15, -0.1) is 0 Å². The van der Waals surface area contributed by atoms with E-state index in [2.05, 4.69) is 4.74 Å². The Hall–Kier alpha value is -2.60. The number of carbonyl (C=O) groups excluding carboxylic acids is 5. The molecule has 130 valence electrons. The summed E-state index contributed by atoms with van der Waals surface area (Å²) in [5, 5.41) is 1.56. The fraction of sp³-hybridized carbons (Fsp3) is 0.417. The highest BCUT2D eigenvalue weighted by Gasteiger charge is 2.71. The van der Waals surface area contributed by atoms with Crippen LogP contribution in [0.15, 0.2) is 12.2 Å². The van der Waals surface area contributed by atoms with Crippen LogP contribution in [0.4, 0.5) is 0 Å². The van der Waals surface area contributed by atoms with Crippen molar-refractivity contribution in [1.29, 1.82) is 0 Å². The first-order chi connectivity index (χ1) is 11.1. The van der Waals surface area contributed by atoms with Crippen LogP contribution in [-0.4, -0.2) is 58.4 Å². The van der Waals surface area contributed by atoms with Gasteiger partial charge < -0.3 is 4.74 Å². The monoisotopic (exact) mass is 360 g/mol. The van der Waals surface area contributed by atoms with E-state index >= 15 is 0 Å². The average Bonchev–Trinajstić information content (AvgIpc) is 2.88. The Morgan fingerprint density at radius 2 is 1.83 bits per heavy atom. The number of hydrogen-bond acceptors (Lipinski definition) is 8. The second kappa shape index (κ2) is 5.79. The molecule has 12 heteroatoms. The standard InChI is InChI=1S/C12H12N2O9S/c1-2-3-8(17)23-12(24(20,21)22)9(10(18)13-11(12)19)14-6(15)4-5-7(14)16/h4-5,9H,2-3H2,1H3,(H,13,18,19)(H,20,21,22). The van der Waals surface area contributed by atoms with Gasteiger partial charge in [-0.2, -0.15) is 8.42 Å². The van der Waals surface area contributed by atoms with Gasteiger partial charge in [-0.3, -0.25) is 38.7 Å². The first-order valence-electron chi connectivity index (χ1n) is 6.65. The Morgan fingerprint density at radius 1 is 1.29 bits per heavy atom. The van der Waals surface area contributed by atoms with Crippen molar-refractivity contribution in [2.45, 2.75) is 30.7 Å². The second-order valence-corrected chi connectivity index (χ2v) is 6.52. The van der Waals surface area contributed by atoms with Crippen molar-refractivity contribution >= 4 is 39.7 Å². The lowest BCUT2D eigenvalue weighted by atomic mass is 10.1. The second-order valence-electron chi connectivity index (χ2n) is 4.97. The van der Waals surface area contributed by atoms with Gasteiger partial charge in [0.1, 0.15) is 0 Å². The molecule has 0 aliphatic carbocycles. The van der Waals surface area contributed by atoms with Crippen LogP contribution in [0.5, 0.6) is 0 Å². The predicted molar refractivity (Wildman–Crippen MR) is 73.2 cm³/mol. The number of nitrogens with one attached hydrogen (secondary N) is 1. The molecular formula is C12H12N2O9S. The number of esters is 1. The normalized spacial score (nSPS) is 26.9. The third-order valence-corrected chi connectivity index (χ3v) is 4.62. The van der Waals surface area contributed by atoms with E-state index < -0.39 is 50.7 Å². The molecule has 2 aliphatic rings. The Bertz CT molecular complexity index is 766. The van der Waals surface area contributed by atoms with Gasteiger partial charge in [-0.05, 0) is 6.42 Å². The summed E-state index contributed by atoms with van der Waals surface area (Å²) >= 11 is 0. The summed E-state index contributed by atoms with van der Waals surface area (Å²) in [4.78, 5) is 56.0. The SMILES string of the molecule is CCCC(=O)OC1(S(=O)(=O)O)C(=O)NC(=O)C1N1C(=O)C=CC1=O. The number of rotatable bonds is 5. The molecule has 2 aliphatic heterocycles. The minimum absolute atomic E-state index is 0.132. The number of carbonyl (C=O) groups is 5. The van der Waals surface area contributed by atoms with Crippen LogP contribution in [0, 0.1) is 0 Å². The van der Waals surface area contributed by atoms with Crippen LogP contribution < -0.4 is 5.32 Å². The topological polar surface area (TPSA) is 164 Å². The lowest BCUT2D eigenvalue weighted by molar-refractivity contribution is -0.165. The highest BCUT2D eigenvalue weighted by atomic mass is 32.2. The fourth-order valence-corrected chi connectivity index (χ4v) is 3.33. The molecule has 24 heavy (non-hydrogen) atoms. The van der Waals surface area contributed by atoms with Crippen LogP contribution in [-0.2, 0) is 38.8 Å². The summed E-state index contributed by atoms with van der Waals surface area (Å²) in [6.45, 7) is 1.55. The van der Waals surface area contributed by atoms with Gasteiger partial charge in [-0.1, -0.05) is 6.92 Å². The van der Waals surface area contributed by atoms with Crippen molar-refractivity contribution in [2.75, 3.05) is 0 Å². The molecule has 0 saturated carbocycles. The van der Waals surface area contributed by atoms with E-state index in [1.54, 1.807) is 12.2 Å². The highest BCUT2D eigenvalue weighted by molar-refractivity contribution is 7.88. The summed E-state index contributed by atoms with van der Waals surface area (Å²) in [5.41, 5.74) is 0. The molecule has 0 radical (unpaired) electrons.